The number of alkyl carbamates (subject to hydrolysis) is 1. The summed E-state index contributed by atoms with van der Waals surface area (Å²) in [6.45, 7) is 6.96. The Bertz CT molecular complexity index is 720. The molecule has 1 heterocycles. The average molecular weight is 332 g/mol. The van der Waals surface area contributed by atoms with Gasteiger partial charge in [0, 0.05) is 16.5 Å². The molecule has 0 fully saturated rings. The van der Waals surface area contributed by atoms with Gasteiger partial charge < -0.3 is 10.1 Å². The highest BCUT2D eigenvalue weighted by molar-refractivity contribution is 8.14. The fraction of sp³-hybridized carbons (Fsp3) is 0.353. The molecule has 23 heavy (non-hydrogen) atoms. The smallest absolute Gasteiger partial charge is 0.408 e. The Morgan fingerprint density at radius 2 is 1.91 bits per heavy atom. The number of carbonyl (C=O) groups is 2. The number of rotatable bonds is 3. The molecule has 5 nitrogen and oxygen atoms in total. The van der Waals surface area contributed by atoms with E-state index >= 15 is 0 Å². The van der Waals surface area contributed by atoms with Crippen LogP contribution in [0.2, 0.25) is 0 Å². The van der Waals surface area contributed by atoms with E-state index in [0.717, 1.165) is 27.6 Å². The third-order valence-corrected chi connectivity index (χ3v) is 4.00. The van der Waals surface area contributed by atoms with Crippen molar-refractivity contribution in [2.75, 3.05) is 0 Å². The summed E-state index contributed by atoms with van der Waals surface area (Å²) >= 11 is 1.07. The number of carbonyl (C=O) groups excluding carboxylic acids is 2. The number of nitrogens with zero attached hydrogens (tertiary/aromatic N) is 1. The van der Waals surface area contributed by atoms with Gasteiger partial charge in [0.2, 0.25) is 5.12 Å². The molecule has 0 radical (unpaired) electrons. The molecule has 0 bridgehead atoms. The number of hydrogen-bond donors (Lipinski definition) is 1. The Kier molecular flexibility index (Phi) is 5.26. The van der Waals surface area contributed by atoms with Crippen LogP contribution in [0, 0.1) is 0 Å². The molecule has 0 saturated carbocycles. The highest BCUT2D eigenvalue weighted by Crippen LogP contribution is 2.27. The van der Waals surface area contributed by atoms with Crippen molar-refractivity contribution in [3.8, 4) is 0 Å². The Hall–Kier alpha value is -2.08. The number of ether oxygens (including phenoxy) is 1. The molecule has 1 amide bonds. The van der Waals surface area contributed by atoms with E-state index in [4.69, 9.17) is 4.74 Å². The summed E-state index contributed by atoms with van der Waals surface area (Å²) in [5.41, 5.74) is 0.178. The van der Waals surface area contributed by atoms with Gasteiger partial charge in [0.25, 0.3) is 0 Å². The highest BCUT2D eigenvalue weighted by Gasteiger charge is 2.22. The van der Waals surface area contributed by atoms with Gasteiger partial charge in [0.05, 0.1) is 11.6 Å². The summed E-state index contributed by atoms with van der Waals surface area (Å²) in [6, 6.07) is 8.81. The van der Waals surface area contributed by atoms with Gasteiger partial charge >= 0.3 is 6.09 Å². The molecule has 1 atom stereocenters. The van der Waals surface area contributed by atoms with Crippen LogP contribution in [0.25, 0.3) is 10.9 Å². The fourth-order valence-electron chi connectivity index (χ4n) is 1.90. The molecular weight excluding hydrogens is 312 g/mol. The number of aromatic nitrogens is 1. The number of thioether (sulfide) groups is 1. The van der Waals surface area contributed by atoms with Crippen molar-refractivity contribution in [3.63, 3.8) is 0 Å². The predicted molar refractivity (Wildman–Crippen MR) is 91.4 cm³/mol. The van der Waals surface area contributed by atoms with E-state index in [1.807, 2.05) is 30.3 Å². The maximum Gasteiger partial charge on any atom is 0.408 e. The van der Waals surface area contributed by atoms with Crippen LogP contribution in [-0.2, 0) is 9.53 Å². The second-order valence-corrected chi connectivity index (χ2v) is 7.17. The SMILES string of the molecule is C[C@H](NC(=O)OC(C)(C)C)C(=O)Sc1cccc2cccnc12. The van der Waals surface area contributed by atoms with Crippen molar-refractivity contribution >= 4 is 33.9 Å². The normalized spacial score (nSPS) is 12.7. The Labute approximate surface area is 139 Å². The number of para-hydroxylation sites is 1. The van der Waals surface area contributed by atoms with E-state index in [-0.39, 0.29) is 5.12 Å². The van der Waals surface area contributed by atoms with E-state index < -0.39 is 17.7 Å². The van der Waals surface area contributed by atoms with E-state index in [1.54, 1.807) is 33.9 Å². The van der Waals surface area contributed by atoms with Crippen LogP contribution in [0.5, 0.6) is 0 Å². The summed E-state index contributed by atoms with van der Waals surface area (Å²) in [4.78, 5) is 29.1. The summed E-state index contributed by atoms with van der Waals surface area (Å²) < 4.78 is 5.16. The minimum atomic E-state index is -0.659. The van der Waals surface area contributed by atoms with Crippen molar-refractivity contribution < 1.29 is 14.3 Å². The molecule has 0 unspecified atom stereocenters. The quantitative estimate of drug-likeness (QED) is 0.867. The molecule has 0 spiro atoms. The van der Waals surface area contributed by atoms with Crippen LogP contribution in [0.15, 0.2) is 41.4 Å². The summed E-state index contributed by atoms with van der Waals surface area (Å²) in [6.07, 6.45) is 1.09. The summed E-state index contributed by atoms with van der Waals surface area (Å²) in [5.74, 6) is 0. The standard InChI is InChI=1S/C17H20N2O3S/c1-11(19-16(21)22-17(2,3)4)15(20)23-13-9-5-7-12-8-6-10-18-14(12)13/h5-11H,1-4H3,(H,19,21)/t11-/m0/s1. The number of nitrogens with one attached hydrogen (secondary N) is 1. The van der Waals surface area contributed by atoms with Crippen LogP contribution in [0.4, 0.5) is 4.79 Å². The first kappa shape index (κ1) is 17.3. The topological polar surface area (TPSA) is 68.3 Å². The number of benzene rings is 1. The molecule has 0 aliphatic heterocycles. The monoisotopic (exact) mass is 332 g/mol. The van der Waals surface area contributed by atoms with Crippen molar-refractivity contribution in [3.05, 3.63) is 36.5 Å². The Morgan fingerprint density at radius 3 is 2.61 bits per heavy atom. The van der Waals surface area contributed by atoms with E-state index in [1.165, 1.54) is 0 Å². The van der Waals surface area contributed by atoms with Crippen molar-refractivity contribution in [2.24, 2.45) is 0 Å². The highest BCUT2D eigenvalue weighted by atomic mass is 32.2. The molecule has 0 saturated heterocycles. The first-order valence-electron chi connectivity index (χ1n) is 7.31. The zero-order valence-corrected chi connectivity index (χ0v) is 14.4. The zero-order chi connectivity index (χ0) is 17.0. The van der Waals surface area contributed by atoms with Gasteiger partial charge in [-0.05, 0) is 51.6 Å². The van der Waals surface area contributed by atoms with Crippen LogP contribution >= 0.6 is 11.8 Å². The molecule has 122 valence electrons. The number of amides is 1. The minimum Gasteiger partial charge on any atom is -0.444 e. The van der Waals surface area contributed by atoms with E-state index in [2.05, 4.69) is 10.3 Å². The van der Waals surface area contributed by atoms with E-state index in [9.17, 15) is 9.59 Å². The first-order valence-corrected chi connectivity index (χ1v) is 8.13. The number of fused-ring (bicyclic) bond motifs is 1. The average Bonchev–Trinajstić information content (AvgIpc) is 2.45. The van der Waals surface area contributed by atoms with Crippen LogP contribution < -0.4 is 5.32 Å². The molecule has 1 aromatic carbocycles. The maximum atomic E-state index is 12.3. The molecule has 1 N–H and O–H groups in total. The fourth-order valence-corrected chi connectivity index (χ4v) is 2.76. The van der Waals surface area contributed by atoms with Crippen molar-refractivity contribution in [1.29, 1.82) is 0 Å². The van der Waals surface area contributed by atoms with Gasteiger partial charge in [-0.1, -0.05) is 18.2 Å². The van der Waals surface area contributed by atoms with Gasteiger partial charge in [-0.25, -0.2) is 4.79 Å². The lowest BCUT2D eigenvalue weighted by molar-refractivity contribution is -0.112. The predicted octanol–water partition coefficient (Wildman–Crippen LogP) is 3.77. The molecule has 6 heteroatoms. The molecule has 2 rings (SSSR count). The van der Waals surface area contributed by atoms with Gasteiger partial charge in [-0.2, -0.15) is 0 Å². The zero-order valence-electron chi connectivity index (χ0n) is 13.6. The second kappa shape index (κ2) is 7.00. The lowest BCUT2D eigenvalue weighted by Gasteiger charge is -2.21. The maximum absolute atomic E-state index is 12.3. The number of hydrogen-bond acceptors (Lipinski definition) is 5. The van der Waals surface area contributed by atoms with Gasteiger partial charge in [-0.15, -0.1) is 0 Å². The van der Waals surface area contributed by atoms with Crippen LogP contribution in [-0.4, -0.2) is 27.8 Å². The lowest BCUT2D eigenvalue weighted by Crippen LogP contribution is -2.40. The van der Waals surface area contributed by atoms with Gasteiger partial charge in [0.15, 0.2) is 0 Å². The third-order valence-electron chi connectivity index (χ3n) is 2.89. The minimum absolute atomic E-state index is 0.172. The third kappa shape index (κ3) is 4.96. The molecule has 0 aliphatic rings. The number of pyridine rings is 1. The van der Waals surface area contributed by atoms with Crippen molar-refractivity contribution in [1.82, 2.24) is 10.3 Å². The van der Waals surface area contributed by atoms with Crippen molar-refractivity contribution in [2.45, 2.75) is 44.2 Å². The van der Waals surface area contributed by atoms with Gasteiger partial charge in [-0.3, -0.25) is 9.78 Å². The first-order chi connectivity index (χ1) is 10.8. The van der Waals surface area contributed by atoms with E-state index in [0.29, 0.717) is 0 Å². The molecule has 1 aromatic heterocycles. The van der Waals surface area contributed by atoms with Crippen LogP contribution in [0.3, 0.4) is 0 Å². The molecule has 2 aromatic rings. The molecule has 0 aliphatic carbocycles. The summed E-state index contributed by atoms with van der Waals surface area (Å²) in [5, 5.41) is 3.35. The molecular formula is C17H20N2O3S. The van der Waals surface area contributed by atoms with Crippen LogP contribution in [0.1, 0.15) is 27.7 Å². The Balaban J connectivity index is 2.04. The summed E-state index contributed by atoms with van der Waals surface area (Å²) in [7, 11) is 0. The second-order valence-electron chi connectivity index (χ2n) is 6.12. The Morgan fingerprint density at radius 1 is 1.22 bits per heavy atom. The lowest BCUT2D eigenvalue weighted by atomic mass is 10.2. The van der Waals surface area contributed by atoms with Gasteiger partial charge in [0.1, 0.15) is 5.60 Å². The largest absolute Gasteiger partial charge is 0.444 e.